The van der Waals surface area contributed by atoms with Crippen LogP contribution in [0.15, 0.2) is 42.9 Å². The standard InChI is InChI=1S/C21H24N6O/c1-15-11-16(13-22-12-15)17-7-6-8-18(23-17)21(28)24-19-14-26(2)25-20(19)27-9-4-3-5-10-27/h6-8,11-14H,3-5,9-10H2,1-2H3,(H,24,28). The van der Waals surface area contributed by atoms with Gasteiger partial charge in [-0.2, -0.15) is 5.10 Å². The Labute approximate surface area is 164 Å². The average Bonchev–Trinajstić information content (AvgIpc) is 3.09. The third-order valence-corrected chi connectivity index (χ3v) is 4.87. The lowest BCUT2D eigenvalue weighted by molar-refractivity contribution is 0.102. The molecular formula is C21H24N6O. The summed E-state index contributed by atoms with van der Waals surface area (Å²) in [5.74, 6) is 0.586. The van der Waals surface area contributed by atoms with Gasteiger partial charge in [0.15, 0.2) is 5.82 Å². The van der Waals surface area contributed by atoms with E-state index in [9.17, 15) is 4.79 Å². The Morgan fingerprint density at radius 1 is 1.14 bits per heavy atom. The zero-order valence-corrected chi connectivity index (χ0v) is 16.2. The molecule has 7 heteroatoms. The smallest absolute Gasteiger partial charge is 0.274 e. The molecule has 0 unspecified atom stereocenters. The van der Waals surface area contributed by atoms with Gasteiger partial charge in [0.25, 0.3) is 5.91 Å². The summed E-state index contributed by atoms with van der Waals surface area (Å²) < 4.78 is 1.74. The van der Waals surface area contributed by atoms with E-state index in [0.717, 1.165) is 54.3 Å². The maximum absolute atomic E-state index is 12.9. The van der Waals surface area contributed by atoms with Gasteiger partial charge < -0.3 is 10.2 Å². The number of rotatable bonds is 4. The summed E-state index contributed by atoms with van der Waals surface area (Å²) in [5.41, 5.74) is 3.76. The predicted octanol–water partition coefficient (Wildman–Crippen LogP) is 3.43. The van der Waals surface area contributed by atoms with Crippen molar-refractivity contribution in [3.05, 3.63) is 54.1 Å². The Morgan fingerprint density at radius 3 is 2.75 bits per heavy atom. The van der Waals surface area contributed by atoms with Gasteiger partial charge >= 0.3 is 0 Å². The maximum Gasteiger partial charge on any atom is 0.274 e. The molecule has 3 aromatic heterocycles. The lowest BCUT2D eigenvalue weighted by atomic mass is 10.1. The van der Waals surface area contributed by atoms with Gasteiger partial charge in [-0.15, -0.1) is 0 Å². The highest BCUT2D eigenvalue weighted by molar-refractivity contribution is 6.04. The minimum Gasteiger partial charge on any atom is -0.353 e. The maximum atomic E-state index is 12.9. The van der Waals surface area contributed by atoms with Crippen molar-refractivity contribution < 1.29 is 4.79 Å². The Morgan fingerprint density at radius 2 is 1.96 bits per heavy atom. The summed E-state index contributed by atoms with van der Waals surface area (Å²) in [4.78, 5) is 23.8. The van der Waals surface area contributed by atoms with Crippen LogP contribution in [-0.2, 0) is 7.05 Å². The van der Waals surface area contributed by atoms with E-state index in [-0.39, 0.29) is 5.91 Å². The number of aryl methyl sites for hydroxylation is 2. The molecule has 1 fully saturated rings. The van der Waals surface area contributed by atoms with Crippen LogP contribution < -0.4 is 10.2 Å². The second-order valence-corrected chi connectivity index (χ2v) is 7.20. The molecule has 7 nitrogen and oxygen atoms in total. The highest BCUT2D eigenvalue weighted by Crippen LogP contribution is 2.27. The first-order valence-electron chi connectivity index (χ1n) is 9.59. The summed E-state index contributed by atoms with van der Waals surface area (Å²) in [6.07, 6.45) is 8.94. The van der Waals surface area contributed by atoms with Gasteiger partial charge in [0.05, 0.1) is 11.9 Å². The first kappa shape index (κ1) is 18.2. The molecule has 0 atom stereocenters. The van der Waals surface area contributed by atoms with E-state index in [2.05, 4.69) is 25.3 Å². The van der Waals surface area contributed by atoms with Gasteiger partial charge in [-0.1, -0.05) is 6.07 Å². The molecule has 0 aromatic carbocycles. The molecule has 1 aliphatic heterocycles. The fourth-order valence-corrected chi connectivity index (χ4v) is 3.51. The number of nitrogens with zero attached hydrogens (tertiary/aromatic N) is 5. The molecule has 1 amide bonds. The molecule has 1 aliphatic rings. The van der Waals surface area contributed by atoms with Crippen LogP contribution in [0.2, 0.25) is 0 Å². The molecule has 0 radical (unpaired) electrons. The first-order valence-corrected chi connectivity index (χ1v) is 9.59. The zero-order chi connectivity index (χ0) is 19.5. The summed E-state index contributed by atoms with van der Waals surface area (Å²) >= 11 is 0. The van der Waals surface area contributed by atoms with Crippen molar-refractivity contribution in [2.75, 3.05) is 23.3 Å². The lowest BCUT2D eigenvalue weighted by Crippen LogP contribution is -2.30. The molecule has 4 heterocycles. The Bertz CT molecular complexity index is 990. The molecule has 144 valence electrons. The summed E-state index contributed by atoms with van der Waals surface area (Å²) in [6.45, 7) is 3.92. The number of anilines is 2. The van der Waals surface area contributed by atoms with E-state index >= 15 is 0 Å². The molecule has 0 saturated carbocycles. The van der Waals surface area contributed by atoms with E-state index < -0.39 is 0 Å². The molecule has 0 bridgehead atoms. The molecule has 1 N–H and O–H groups in total. The van der Waals surface area contributed by atoms with Gasteiger partial charge in [-0.3, -0.25) is 14.5 Å². The van der Waals surface area contributed by atoms with Crippen LogP contribution in [0.3, 0.4) is 0 Å². The number of hydrogen-bond acceptors (Lipinski definition) is 5. The second kappa shape index (κ2) is 7.80. The van der Waals surface area contributed by atoms with Gasteiger partial charge in [0, 0.05) is 38.1 Å². The van der Waals surface area contributed by atoms with Crippen LogP contribution in [0.1, 0.15) is 35.3 Å². The highest BCUT2D eigenvalue weighted by atomic mass is 16.1. The van der Waals surface area contributed by atoms with Crippen LogP contribution in [0.25, 0.3) is 11.3 Å². The predicted molar refractivity (Wildman–Crippen MR) is 109 cm³/mol. The highest BCUT2D eigenvalue weighted by Gasteiger charge is 2.20. The largest absolute Gasteiger partial charge is 0.353 e. The van der Waals surface area contributed by atoms with Gasteiger partial charge in [0.2, 0.25) is 0 Å². The number of amides is 1. The molecule has 28 heavy (non-hydrogen) atoms. The average molecular weight is 376 g/mol. The molecule has 0 spiro atoms. The van der Waals surface area contributed by atoms with E-state index in [0.29, 0.717) is 5.69 Å². The van der Waals surface area contributed by atoms with Crippen molar-refractivity contribution in [3.63, 3.8) is 0 Å². The molecule has 4 rings (SSSR count). The number of hydrogen-bond donors (Lipinski definition) is 1. The van der Waals surface area contributed by atoms with Crippen molar-refractivity contribution >= 4 is 17.4 Å². The Kier molecular flexibility index (Phi) is 5.06. The van der Waals surface area contributed by atoms with Gasteiger partial charge in [-0.05, 0) is 49.9 Å². The van der Waals surface area contributed by atoms with Crippen LogP contribution in [0.4, 0.5) is 11.5 Å². The number of carbonyl (C=O) groups is 1. The second-order valence-electron chi connectivity index (χ2n) is 7.20. The van der Waals surface area contributed by atoms with Crippen LogP contribution in [-0.4, -0.2) is 38.7 Å². The third-order valence-electron chi connectivity index (χ3n) is 4.87. The van der Waals surface area contributed by atoms with Crippen molar-refractivity contribution in [1.82, 2.24) is 19.7 Å². The Balaban J connectivity index is 1.57. The van der Waals surface area contributed by atoms with Crippen LogP contribution >= 0.6 is 0 Å². The molecular weight excluding hydrogens is 352 g/mol. The SMILES string of the molecule is Cc1cncc(-c2cccc(C(=O)Nc3cn(C)nc3N3CCCCC3)n2)c1. The number of piperidine rings is 1. The number of nitrogens with one attached hydrogen (secondary N) is 1. The quantitative estimate of drug-likeness (QED) is 0.755. The number of aromatic nitrogens is 4. The summed E-state index contributed by atoms with van der Waals surface area (Å²) in [6, 6.07) is 7.45. The number of carbonyl (C=O) groups excluding carboxylic acids is 1. The summed E-state index contributed by atoms with van der Waals surface area (Å²) in [5, 5.41) is 7.55. The molecule has 0 aliphatic carbocycles. The Hall–Kier alpha value is -3.22. The van der Waals surface area contributed by atoms with Gasteiger partial charge in [-0.25, -0.2) is 4.98 Å². The zero-order valence-electron chi connectivity index (χ0n) is 16.2. The van der Waals surface area contributed by atoms with Crippen LogP contribution in [0.5, 0.6) is 0 Å². The third kappa shape index (κ3) is 3.88. The topological polar surface area (TPSA) is 75.9 Å². The lowest BCUT2D eigenvalue weighted by Gasteiger charge is -2.27. The fourth-order valence-electron chi connectivity index (χ4n) is 3.51. The normalized spacial score (nSPS) is 14.1. The molecule has 3 aromatic rings. The van der Waals surface area contributed by atoms with Crippen molar-refractivity contribution in [2.24, 2.45) is 7.05 Å². The fraction of sp³-hybridized carbons (Fsp3) is 0.333. The van der Waals surface area contributed by atoms with E-state index in [4.69, 9.17) is 0 Å². The van der Waals surface area contributed by atoms with E-state index in [1.807, 2.05) is 38.4 Å². The van der Waals surface area contributed by atoms with E-state index in [1.54, 1.807) is 23.1 Å². The van der Waals surface area contributed by atoms with Crippen molar-refractivity contribution in [1.29, 1.82) is 0 Å². The minimum absolute atomic E-state index is 0.242. The van der Waals surface area contributed by atoms with Crippen LogP contribution in [0, 0.1) is 6.92 Å². The van der Waals surface area contributed by atoms with Gasteiger partial charge in [0.1, 0.15) is 11.4 Å². The monoisotopic (exact) mass is 376 g/mol. The van der Waals surface area contributed by atoms with Crippen molar-refractivity contribution in [2.45, 2.75) is 26.2 Å². The number of pyridine rings is 2. The molecule has 1 saturated heterocycles. The van der Waals surface area contributed by atoms with Crippen molar-refractivity contribution in [3.8, 4) is 11.3 Å². The summed E-state index contributed by atoms with van der Waals surface area (Å²) in [7, 11) is 1.87. The van der Waals surface area contributed by atoms with E-state index in [1.165, 1.54) is 6.42 Å². The first-order chi connectivity index (χ1) is 13.6. The minimum atomic E-state index is -0.242.